The SMILES string of the molecule is CCCCc1ccccc1N(CC)CCN(C)C(=O)c1cc2c(-c3ccc(Cl)cc3)[nH]nc2s1. The molecule has 0 saturated carbocycles. The van der Waals surface area contributed by atoms with Crippen molar-refractivity contribution in [1.82, 2.24) is 15.1 Å². The van der Waals surface area contributed by atoms with Crippen molar-refractivity contribution in [3.8, 4) is 11.3 Å². The highest BCUT2D eigenvalue weighted by Gasteiger charge is 2.19. The third kappa shape index (κ3) is 5.29. The molecule has 2 heterocycles. The molecule has 2 aromatic heterocycles. The van der Waals surface area contributed by atoms with E-state index < -0.39 is 0 Å². The zero-order valence-corrected chi connectivity index (χ0v) is 21.5. The van der Waals surface area contributed by atoms with Gasteiger partial charge in [0.2, 0.25) is 0 Å². The normalized spacial score (nSPS) is 11.2. The summed E-state index contributed by atoms with van der Waals surface area (Å²) in [6.45, 7) is 6.75. The van der Waals surface area contributed by atoms with Crippen molar-refractivity contribution in [1.29, 1.82) is 0 Å². The summed E-state index contributed by atoms with van der Waals surface area (Å²) in [5.74, 6) is 0.0281. The summed E-state index contributed by atoms with van der Waals surface area (Å²) in [7, 11) is 1.88. The molecule has 178 valence electrons. The number of rotatable bonds is 10. The predicted molar refractivity (Wildman–Crippen MR) is 144 cm³/mol. The Balaban J connectivity index is 1.46. The van der Waals surface area contributed by atoms with Crippen molar-refractivity contribution in [2.75, 3.05) is 31.6 Å². The number of aromatic amines is 1. The quantitative estimate of drug-likeness (QED) is 0.261. The number of amides is 1. The lowest BCUT2D eigenvalue weighted by Gasteiger charge is -2.28. The molecular formula is C27H31ClN4OS. The third-order valence-corrected chi connectivity index (χ3v) is 7.43. The molecule has 4 aromatic rings. The van der Waals surface area contributed by atoms with E-state index in [0.717, 1.165) is 41.0 Å². The fraction of sp³-hybridized carbons (Fsp3) is 0.333. The summed E-state index contributed by atoms with van der Waals surface area (Å²) in [6.07, 6.45) is 3.45. The Kier molecular flexibility index (Phi) is 7.91. The first kappa shape index (κ1) is 24.3. The van der Waals surface area contributed by atoms with E-state index >= 15 is 0 Å². The van der Waals surface area contributed by atoms with Gasteiger partial charge in [0.05, 0.1) is 10.6 Å². The van der Waals surface area contributed by atoms with Crippen LogP contribution in [0.5, 0.6) is 0 Å². The maximum atomic E-state index is 13.2. The second-order valence-corrected chi connectivity index (χ2v) is 9.94. The molecule has 0 saturated heterocycles. The molecule has 0 fully saturated rings. The lowest BCUT2D eigenvalue weighted by Crippen LogP contribution is -2.36. The number of thiophene rings is 1. The van der Waals surface area contributed by atoms with E-state index in [1.165, 1.54) is 35.4 Å². The average molecular weight is 495 g/mol. The number of likely N-dealkylation sites (N-methyl/N-ethyl adjacent to an activating group) is 2. The van der Waals surface area contributed by atoms with Crippen molar-refractivity contribution in [3.05, 3.63) is 70.1 Å². The van der Waals surface area contributed by atoms with Crippen molar-refractivity contribution in [2.24, 2.45) is 0 Å². The average Bonchev–Trinajstić information content (AvgIpc) is 3.45. The molecule has 2 aromatic carbocycles. The number of para-hydroxylation sites is 1. The largest absolute Gasteiger partial charge is 0.370 e. The van der Waals surface area contributed by atoms with E-state index in [-0.39, 0.29) is 5.91 Å². The topological polar surface area (TPSA) is 52.2 Å². The van der Waals surface area contributed by atoms with E-state index in [2.05, 4.69) is 53.2 Å². The minimum atomic E-state index is 0.0281. The van der Waals surface area contributed by atoms with E-state index in [4.69, 9.17) is 11.6 Å². The van der Waals surface area contributed by atoms with E-state index in [9.17, 15) is 4.79 Å². The monoisotopic (exact) mass is 494 g/mol. The molecule has 0 aliphatic rings. The van der Waals surface area contributed by atoms with Gasteiger partial charge in [0, 0.05) is 48.3 Å². The highest BCUT2D eigenvalue weighted by molar-refractivity contribution is 7.20. The summed E-state index contributed by atoms with van der Waals surface area (Å²) >= 11 is 7.45. The molecule has 5 nitrogen and oxygen atoms in total. The van der Waals surface area contributed by atoms with Crippen molar-refractivity contribution in [2.45, 2.75) is 33.1 Å². The van der Waals surface area contributed by atoms with Crippen LogP contribution in [0.2, 0.25) is 5.02 Å². The Bertz CT molecular complexity index is 1250. The number of halogens is 1. The van der Waals surface area contributed by atoms with Crippen molar-refractivity contribution in [3.63, 3.8) is 0 Å². The Morgan fingerprint density at radius 3 is 2.59 bits per heavy atom. The number of unbranched alkanes of at least 4 members (excludes halogenated alkanes) is 1. The second-order valence-electron chi connectivity index (χ2n) is 8.47. The first-order valence-electron chi connectivity index (χ1n) is 11.8. The Hall–Kier alpha value is -2.83. The third-order valence-electron chi connectivity index (χ3n) is 6.16. The van der Waals surface area contributed by atoms with Gasteiger partial charge in [0.1, 0.15) is 4.83 Å². The van der Waals surface area contributed by atoms with Crippen LogP contribution in [0.1, 0.15) is 41.9 Å². The summed E-state index contributed by atoms with van der Waals surface area (Å²) in [4.78, 5) is 18.9. The number of anilines is 1. The van der Waals surface area contributed by atoms with Crippen LogP contribution in [0.15, 0.2) is 54.6 Å². The standard InChI is InChI=1S/C27H31ClN4OS/c1-4-6-9-19-10-7-8-11-23(19)32(5-2)17-16-31(3)27(33)24-18-22-25(29-30-26(22)34-24)20-12-14-21(28)15-13-20/h7-8,10-15,18H,4-6,9,16-17H2,1-3H3,(H,29,30). The molecule has 1 N–H and O–H groups in total. The smallest absolute Gasteiger partial charge is 0.263 e. The van der Waals surface area contributed by atoms with Crippen LogP contribution in [-0.2, 0) is 6.42 Å². The number of fused-ring (bicyclic) bond motifs is 1. The molecule has 1 amide bonds. The lowest BCUT2D eigenvalue weighted by molar-refractivity contribution is 0.0803. The Labute approximate surface area is 210 Å². The number of benzene rings is 2. The summed E-state index contributed by atoms with van der Waals surface area (Å²) in [5.41, 5.74) is 4.57. The zero-order chi connectivity index (χ0) is 24.1. The van der Waals surface area contributed by atoms with Crippen LogP contribution in [-0.4, -0.2) is 47.7 Å². The number of hydrogen-bond donors (Lipinski definition) is 1. The fourth-order valence-electron chi connectivity index (χ4n) is 4.16. The number of H-pyrrole nitrogens is 1. The van der Waals surface area contributed by atoms with Crippen molar-refractivity contribution >= 4 is 44.7 Å². The highest BCUT2D eigenvalue weighted by atomic mass is 35.5. The van der Waals surface area contributed by atoms with Crippen LogP contribution >= 0.6 is 22.9 Å². The first-order valence-corrected chi connectivity index (χ1v) is 13.0. The van der Waals surface area contributed by atoms with Crippen LogP contribution in [0.25, 0.3) is 21.5 Å². The molecular weight excluding hydrogens is 464 g/mol. The van der Waals surface area contributed by atoms with Gasteiger partial charge in [-0.25, -0.2) is 0 Å². The molecule has 0 unspecified atom stereocenters. The van der Waals surface area contributed by atoms with Crippen LogP contribution in [0.4, 0.5) is 5.69 Å². The number of aromatic nitrogens is 2. The van der Waals surface area contributed by atoms with Crippen molar-refractivity contribution < 1.29 is 4.79 Å². The molecule has 7 heteroatoms. The maximum Gasteiger partial charge on any atom is 0.263 e. The van der Waals surface area contributed by atoms with Gasteiger partial charge in [-0.1, -0.05) is 55.3 Å². The van der Waals surface area contributed by atoms with Gasteiger partial charge in [-0.2, -0.15) is 5.10 Å². The van der Waals surface area contributed by atoms with Gasteiger partial charge in [-0.05, 0) is 49.6 Å². The fourth-order valence-corrected chi connectivity index (χ4v) is 5.28. The van der Waals surface area contributed by atoms with E-state index in [1.807, 2.05) is 42.3 Å². The number of nitrogens with one attached hydrogen (secondary N) is 1. The molecule has 0 spiro atoms. The zero-order valence-electron chi connectivity index (χ0n) is 20.0. The number of carbonyl (C=O) groups is 1. The number of carbonyl (C=O) groups excluding carboxylic acids is 1. The number of nitrogens with zero attached hydrogens (tertiary/aromatic N) is 3. The van der Waals surface area contributed by atoms with E-state index in [0.29, 0.717) is 16.4 Å². The molecule has 0 bridgehead atoms. The van der Waals surface area contributed by atoms with Gasteiger partial charge >= 0.3 is 0 Å². The van der Waals surface area contributed by atoms with Crippen LogP contribution < -0.4 is 4.90 Å². The Morgan fingerprint density at radius 2 is 1.85 bits per heavy atom. The molecule has 0 atom stereocenters. The summed E-state index contributed by atoms with van der Waals surface area (Å²) in [5, 5.41) is 9.17. The van der Waals surface area contributed by atoms with Gasteiger partial charge in [-0.3, -0.25) is 9.89 Å². The predicted octanol–water partition coefficient (Wildman–Crippen LogP) is 6.89. The van der Waals surface area contributed by atoms with Gasteiger partial charge in [-0.15, -0.1) is 11.3 Å². The van der Waals surface area contributed by atoms with E-state index in [1.54, 1.807) is 0 Å². The Morgan fingerprint density at radius 1 is 1.09 bits per heavy atom. The second kappa shape index (κ2) is 11.1. The molecule has 4 rings (SSSR count). The summed E-state index contributed by atoms with van der Waals surface area (Å²) in [6, 6.07) is 18.2. The molecule has 0 aliphatic heterocycles. The van der Waals surface area contributed by atoms with Gasteiger partial charge in [0.15, 0.2) is 0 Å². The number of hydrogen-bond acceptors (Lipinski definition) is 4. The van der Waals surface area contributed by atoms with Gasteiger partial charge in [0.25, 0.3) is 5.91 Å². The highest BCUT2D eigenvalue weighted by Crippen LogP contribution is 2.33. The molecule has 0 radical (unpaired) electrons. The minimum absolute atomic E-state index is 0.0281. The first-order chi connectivity index (χ1) is 16.5. The molecule has 0 aliphatic carbocycles. The van der Waals surface area contributed by atoms with Crippen LogP contribution in [0.3, 0.4) is 0 Å². The van der Waals surface area contributed by atoms with Gasteiger partial charge < -0.3 is 9.80 Å². The summed E-state index contributed by atoms with van der Waals surface area (Å²) < 4.78 is 0. The van der Waals surface area contributed by atoms with Crippen LogP contribution in [0, 0.1) is 0 Å². The minimum Gasteiger partial charge on any atom is -0.370 e. The molecule has 34 heavy (non-hydrogen) atoms. The lowest BCUT2D eigenvalue weighted by atomic mass is 10.1. The maximum absolute atomic E-state index is 13.2. The number of aryl methyl sites for hydroxylation is 1.